The number of ether oxygens (including phenoxy) is 3. The third kappa shape index (κ3) is 39.5. The fraction of sp³-hybridized carbons (Fsp3) is 0.933. The van der Waals surface area contributed by atoms with Crippen LogP contribution >= 0.6 is 0 Å². The Hall–Kier alpha value is -1.59. The lowest BCUT2D eigenvalue weighted by molar-refractivity contribution is -0.167. The minimum absolute atomic E-state index is 0.0647. The van der Waals surface area contributed by atoms with Gasteiger partial charge in [-0.3, -0.25) is 14.4 Å². The smallest absolute Gasteiger partial charge is 0.306 e. The average molecular weight is 723 g/mol. The molecule has 0 aromatic rings. The molecule has 0 bridgehead atoms. The van der Waals surface area contributed by atoms with E-state index < -0.39 is 6.10 Å². The van der Waals surface area contributed by atoms with E-state index in [1.807, 2.05) is 0 Å². The Balaban J connectivity index is 4.19. The van der Waals surface area contributed by atoms with Gasteiger partial charge in [0.15, 0.2) is 6.10 Å². The van der Waals surface area contributed by atoms with Crippen LogP contribution in [0.25, 0.3) is 0 Å². The van der Waals surface area contributed by atoms with Crippen molar-refractivity contribution < 1.29 is 28.6 Å². The first-order valence-corrected chi connectivity index (χ1v) is 22.4. The molecule has 0 aromatic carbocycles. The van der Waals surface area contributed by atoms with E-state index >= 15 is 0 Å². The molecule has 0 saturated carbocycles. The van der Waals surface area contributed by atoms with Crippen LogP contribution in [-0.4, -0.2) is 37.2 Å². The predicted molar refractivity (Wildman–Crippen MR) is 215 cm³/mol. The van der Waals surface area contributed by atoms with Crippen LogP contribution in [-0.2, 0) is 28.6 Å². The Labute approximate surface area is 317 Å². The van der Waals surface area contributed by atoms with E-state index in [0.29, 0.717) is 19.3 Å². The minimum Gasteiger partial charge on any atom is -0.462 e. The van der Waals surface area contributed by atoms with Crippen molar-refractivity contribution >= 4 is 17.9 Å². The second kappa shape index (κ2) is 39.6. The average Bonchev–Trinajstić information content (AvgIpc) is 3.11. The summed E-state index contributed by atoms with van der Waals surface area (Å²) < 4.78 is 16.6. The van der Waals surface area contributed by atoms with Gasteiger partial charge in [0.2, 0.25) is 0 Å². The van der Waals surface area contributed by atoms with Crippen molar-refractivity contribution in [2.75, 3.05) is 13.2 Å². The summed E-state index contributed by atoms with van der Waals surface area (Å²) in [6.45, 7) is 8.92. The minimum atomic E-state index is -0.757. The number of carbonyl (C=O) groups excluding carboxylic acids is 3. The maximum atomic E-state index is 12.7. The molecular formula is C45H86O6. The predicted octanol–water partition coefficient (Wildman–Crippen LogP) is 13.9. The van der Waals surface area contributed by atoms with Crippen LogP contribution in [0.4, 0.5) is 0 Å². The van der Waals surface area contributed by atoms with Crippen LogP contribution in [0.15, 0.2) is 0 Å². The molecule has 302 valence electrons. The zero-order chi connectivity index (χ0) is 37.5. The number of carbonyl (C=O) groups is 3. The van der Waals surface area contributed by atoms with Crippen LogP contribution in [0.5, 0.6) is 0 Å². The van der Waals surface area contributed by atoms with Crippen molar-refractivity contribution in [3.63, 3.8) is 0 Å². The van der Waals surface area contributed by atoms with Crippen molar-refractivity contribution in [1.82, 2.24) is 0 Å². The largest absolute Gasteiger partial charge is 0.462 e. The molecule has 0 spiro atoms. The molecular weight excluding hydrogens is 636 g/mol. The third-order valence-corrected chi connectivity index (χ3v) is 10.0. The number of hydrogen-bond donors (Lipinski definition) is 0. The lowest BCUT2D eigenvalue weighted by Gasteiger charge is -2.18. The van der Waals surface area contributed by atoms with Crippen molar-refractivity contribution in [2.45, 2.75) is 252 Å². The first-order chi connectivity index (χ1) is 24.9. The molecule has 0 fully saturated rings. The normalized spacial score (nSPS) is 11.9. The molecule has 0 heterocycles. The quantitative estimate of drug-likeness (QED) is 0.0356. The standard InChI is InChI=1S/C45H86O6/c1-5-7-9-11-12-13-14-15-19-22-25-29-33-37-44(47)50-40-42(39-49-43(46)36-32-27-10-8-6-2)51-45(48)38-34-30-26-23-20-17-16-18-21-24-28-31-35-41(3)4/h41-42H,5-40H2,1-4H3/t42-/m1/s1. The highest BCUT2D eigenvalue weighted by molar-refractivity contribution is 5.71. The van der Waals surface area contributed by atoms with E-state index in [-0.39, 0.29) is 31.1 Å². The van der Waals surface area contributed by atoms with Crippen LogP contribution in [0.1, 0.15) is 246 Å². The number of rotatable bonds is 40. The highest BCUT2D eigenvalue weighted by Crippen LogP contribution is 2.16. The summed E-state index contributed by atoms with van der Waals surface area (Å²) in [5.74, 6) is -0.0364. The summed E-state index contributed by atoms with van der Waals surface area (Å²) in [5.41, 5.74) is 0. The van der Waals surface area contributed by atoms with Crippen molar-refractivity contribution in [3.05, 3.63) is 0 Å². The van der Waals surface area contributed by atoms with E-state index in [1.54, 1.807) is 0 Å². The number of hydrogen-bond acceptors (Lipinski definition) is 6. The summed E-state index contributed by atoms with van der Waals surface area (Å²) in [6.07, 6.45) is 38.3. The number of unbranched alkanes of at least 4 members (excludes halogenated alkanes) is 27. The molecule has 0 amide bonds. The molecule has 6 heteroatoms. The van der Waals surface area contributed by atoms with E-state index in [1.165, 1.54) is 135 Å². The maximum absolute atomic E-state index is 12.7. The highest BCUT2D eigenvalue weighted by atomic mass is 16.6. The molecule has 0 rings (SSSR count). The lowest BCUT2D eigenvalue weighted by atomic mass is 10.0. The third-order valence-electron chi connectivity index (χ3n) is 10.0. The molecule has 0 unspecified atom stereocenters. The fourth-order valence-electron chi connectivity index (χ4n) is 6.63. The van der Waals surface area contributed by atoms with Gasteiger partial charge in [0.05, 0.1) is 0 Å². The molecule has 0 aliphatic heterocycles. The molecule has 0 aromatic heterocycles. The van der Waals surface area contributed by atoms with E-state index in [0.717, 1.165) is 70.1 Å². The fourth-order valence-corrected chi connectivity index (χ4v) is 6.63. The van der Waals surface area contributed by atoms with Gasteiger partial charge in [0, 0.05) is 19.3 Å². The molecule has 0 aliphatic carbocycles. The molecule has 0 saturated heterocycles. The summed E-state index contributed by atoms with van der Waals surface area (Å²) in [7, 11) is 0. The second-order valence-corrected chi connectivity index (χ2v) is 15.8. The Kier molecular flexibility index (Phi) is 38.4. The summed E-state index contributed by atoms with van der Waals surface area (Å²) in [4.78, 5) is 37.4. The van der Waals surface area contributed by atoms with Crippen LogP contribution < -0.4 is 0 Å². The molecule has 0 N–H and O–H groups in total. The zero-order valence-corrected chi connectivity index (χ0v) is 34.6. The molecule has 51 heavy (non-hydrogen) atoms. The maximum Gasteiger partial charge on any atom is 0.306 e. The lowest BCUT2D eigenvalue weighted by Crippen LogP contribution is -2.30. The van der Waals surface area contributed by atoms with Gasteiger partial charge in [-0.1, -0.05) is 207 Å². The molecule has 0 aliphatic rings. The second-order valence-electron chi connectivity index (χ2n) is 15.8. The topological polar surface area (TPSA) is 78.9 Å². The van der Waals surface area contributed by atoms with Crippen molar-refractivity contribution in [3.8, 4) is 0 Å². The summed E-state index contributed by atoms with van der Waals surface area (Å²) in [6, 6.07) is 0. The van der Waals surface area contributed by atoms with Gasteiger partial charge in [0.1, 0.15) is 13.2 Å². The van der Waals surface area contributed by atoms with E-state index in [9.17, 15) is 14.4 Å². The van der Waals surface area contributed by atoms with Gasteiger partial charge in [-0.2, -0.15) is 0 Å². The Morgan fingerprint density at radius 2 is 0.647 bits per heavy atom. The number of esters is 3. The highest BCUT2D eigenvalue weighted by Gasteiger charge is 2.19. The Morgan fingerprint density at radius 3 is 0.961 bits per heavy atom. The van der Waals surface area contributed by atoms with Gasteiger partial charge in [-0.15, -0.1) is 0 Å². The van der Waals surface area contributed by atoms with Crippen LogP contribution in [0, 0.1) is 5.92 Å². The van der Waals surface area contributed by atoms with Crippen molar-refractivity contribution in [2.24, 2.45) is 5.92 Å². The Bertz CT molecular complexity index is 766. The van der Waals surface area contributed by atoms with Gasteiger partial charge < -0.3 is 14.2 Å². The molecule has 1 atom stereocenters. The monoisotopic (exact) mass is 723 g/mol. The summed E-state index contributed by atoms with van der Waals surface area (Å²) in [5, 5.41) is 0. The van der Waals surface area contributed by atoms with Gasteiger partial charge >= 0.3 is 17.9 Å². The Morgan fingerprint density at radius 1 is 0.373 bits per heavy atom. The van der Waals surface area contributed by atoms with Crippen LogP contribution in [0.3, 0.4) is 0 Å². The van der Waals surface area contributed by atoms with E-state index in [4.69, 9.17) is 14.2 Å². The first-order valence-electron chi connectivity index (χ1n) is 22.4. The van der Waals surface area contributed by atoms with Gasteiger partial charge in [-0.25, -0.2) is 0 Å². The molecule has 6 nitrogen and oxygen atoms in total. The van der Waals surface area contributed by atoms with E-state index in [2.05, 4.69) is 27.7 Å². The first kappa shape index (κ1) is 49.4. The SMILES string of the molecule is CCCCCCCCCCCCCCCC(=O)OC[C@@H](COC(=O)CCCCCCC)OC(=O)CCCCCCCCCCCCCCC(C)C. The van der Waals surface area contributed by atoms with Gasteiger partial charge in [-0.05, 0) is 25.2 Å². The summed E-state index contributed by atoms with van der Waals surface area (Å²) >= 11 is 0. The van der Waals surface area contributed by atoms with Crippen LogP contribution in [0.2, 0.25) is 0 Å². The molecule has 0 radical (unpaired) electrons. The van der Waals surface area contributed by atoms with Gasteiger partial charge in [0.25, 0.3) is 0 Å². The van der Waals surface area contributed by atoms with Crippen molar-refractivity contribution in [1.29, 1.82) is 0 Å². The zero-order valence-electron chi connectivity index (χ0n) is 34.6.